The zero-order chi connectivity index (χ0) is 26.9. The van der Waals surface area contributed by atoms with Gasteiger partial charge in [-0.25, -0.2) is 0 Å². The van der Waals surface area contributed by atoms with Crippen LogP contribution in [0, 0.1) is 0 Å². The van der Waals surface area contributed by atoms with Crippen LogP contribution in [0.4, 0.5) is 0 Å². The maximum absolute atomic E-state index is 11.8. The summed E-state index contributed by atoms with van der Waals surface area (Å²) in [5, 5.41) is 20.3. The number of nitrogens with zero attached hydrogens (tertiary/aromatic N) is 1. The van der Waals surface area contributed by atoms with Crippen molar-refractivity contribution in [1.82, 2.24) is 10.2 Å². The SMILES string of the molecule is CC(=O)OC[C@H]1OC(NC(=S)N(CC(=O)O)CC(=O)O)[C@H](OC(C)=O)[C@@H](OC(C)=O)[C@H]1OC(C)=O. The van der Waals surface area contributed by atoms with Crippen LogP contribution in [0.25, 0.3) is 0 Å². The molecular formula is C19H26N2O13S. The number of carbonyl (C=O) groups excluding carboxylic acids is 4. The van der Waals surface area contributed by atoms with E-state index in [-0.39, 0.29) is 0 Å². The standard InChI is InChI=1S/C19H26N2O13S/c1-8(22)30-7-12-15(31-9(2)23)16(32-10(3)24)17(33-11(4)25)18(34-12)20-19(35)21(5-13(26)27)6-14(28)29/h12,15-18H,5-7H2,1-4H3,(H,20,35)(H,26,27)(H,28,29)/t12-,15+,16+,17-,18?/m1/s1. The van der Waals surface area contributed by atoms with Crippen LogP contribution >= 0.6 is 12.2 Å². The van der Waals surface area contributed by atoms with Gasteiger partial charge in [0.25, 0.3) is 0 Å². The van der Waals surface area contributed by atoms with E-state index in [1.165, 1.54) is 0 Å². The summed E-state index contributed by atoms with van der Waals surface area (Å²) in [6.45, 7) is 2.15. The number of thiocarbonyl (C=S) groups is 1. The zero-order valence-corrected chi connectivity index (χ0v) is 20.1. The molecular weight excluding hydrogens is 496 g/mol. The maximum Gasteiger partial charge on any atom is 0.323 e. The van der Waals surface area contributed by atoms with Gasteiger partial charge < -0.3 is 44.1 Å². The number of hydrogen-bond donors (Lipinski definition) is 3. The molecule has 1 aliphatic rings. The molecule has 3 N–H and O–H groups in total. The molecule has 196 valence electrons. The lowest BCUT2D eigenvalue weighted by molar-refractivity contribution is -0.255. The first-order valence-corrected chi connectivity index (χ1v) is 10.4. The molecule has 0 bridgehead atoms. The van der Waals surface area contributed by atoms with Gasteiger partial charge in [0.2, 0.25) is 0 Å². The lowest BCUT2D eigenvalue weighted by atomic mass is 9.97. The summed E-state index contributed by atoms with van der Waals surface area (Å²) < 4.78 is 26.4. The van der Waals surface area contributed by atoms with Crippen LogP contribution in [0.1, 0.15) is 27.7 Å². The quantitative estimate of drug-likeness (QED) is 0.168. The third-order valence-corrected chi connectivity index (χ3v) is 4.57. The van der Waals surface area contributed by atoms with Crippen LogP contribution in [0.15, 0.2) is 0 Å². The Kier molecular flexibility index (Phi) is 11.3. The number of nitrogens with one attached hydrogen (secondary N) is 1. The van der Waals surface area contributed by atoms with E-state index in [9.17, 15) is 28.8 Å². The number of carboxylic acid groups (broad SMARTS) is 2. The van der Waals surface area contributed by atoms with Crippen molar-refractivity contribution in [1.29, 1.82) is 0 Å². The third-order valence-electron chi connectivity index (χ3n) is 4.20. The van der Waals surface area contributed by atoms with Crippen LogP contribution in [0.3, 0.4) is 0 Å². The number of ether oxygens (including phenoxy) is 5. The van der Waals surface area contributed by atoms with Gasteiger partial charge in [-0.1, -0.05) is 0 Å². The Hall–Kier alpha value is -3.53. The molecule has 5 atom stereocenters. The average Bonchev–Trinajstić information content (AvgIpc) is 2.68. The second-order valence-corrected chi connectivity index (χ2v) is 7.60. The van der Waals surface area contributed by atoms with E-state index in [0.29, 0.717) is 0 Å². The van der Waals surface area contributed by atoms with Crippen LogP contribution < -0.4 is 5.32 Å². The molecule has 1 fully saturated rings. The summed E-state index contributed by atoms with van der Waals surface area (Å²) in [4.78, 5) is 69.7. The van der Waals surface area contributed by atoms with E-state index in [2.05, 4.69) is 5.32 Å². The van der Waals surface area contributed by atoms with Crippen LogP contribution in [0.2, 0.25) is 0 Å². The lowest BCUT2D eigenvalue weighted by Gasteiger charge is -2.45. The Bertz CT molecular complexity index is 848. The van der Waals surface area contributed by atoms with E-state index in [0.717, 1.165) is 32.6 Å². The predicted molar refractivity (Wildman–Crippen MR) is 115 cm³/mol. The molecule has 16 heteroatoms. The maximum atomic E-state index is 11.8. The Morgan fingerprint density at radius 3 is 1.69 bits per heavy atom. The molecule has 0 spiro atoms. The highest BCUT2D eigenvalue weighted by molar-refractivity contribution is 7.80. The first-order chi connectivity index (χ1) is 16.2. The van der Waals surface area contributed by atoms with E-state index >= 15 is 0 Å². The zero-order valence-electron chi connectivity index (χ0n) is 19.2. The van der Waals surface area contributed by atoms with Gasteiger partial charge in [-0.2, -0.15) is 0 Å². The molecule has 0 saturated carbocycles. The van der Waals surface area contributed by atoms with Crippen molar-refractivity contribution >= 4 is 53.1 Å². The number of carbonyl (C=O) groups is 6. The highest BCUT2D eigenvalue weighted by Gasteiger charge is 2.52. The number of rotatable bonds is 10. The van der Waals surface area contributed by atoms with E-state index in [4.69, 9.17) is 46.1 Å². The molecule has 0 aromatic rings. The summed E-state index contributed by atoms with van der Waals surface area (Å²) in [6, 6.07) is 0. The van der Waals surface area contributed by atoms with Crippen molar-refractivity contribution in [3.8, 4) is 0 Å². The molecule has 0 aromatic heterocycles. The highest BCUT2D eigenvalue weighted by atomic mass is 32.1. The number of hydrogen-bond acceptors (Lipinski definition) is 12. The minimum absolute atomic E-state index is 0.421. The Balaban J connectivity index is 3.41. The number of esters is 4. The summed E-state index contributed by atoms with van der Waals surface area (Å²) in [6.07, 6.45) is -7.15. The van der Waals surface area contributed by atoms with Crippen molar-refractivity contribution in [2.24, 2.45) is 0 Å². The van der Waals surface area contributed by atoms with E-state index in [1.807, 2.05) is 0 Å². The van der Waals surface area contributed by atoms with Gasteiger partial charge in [-0.15, -0.1) is 0 Å². The largest absolute Gasteiger partial charge is 0.480 e. The molecule has 1 heterocycles. The fourth-order valence-corrected chi connectivity index (χ4v) is 3.33. The molecule has 1 unspecified atom stereocenters. The van der Waals surface area contributed by atoms with Gasteiger partial charge in [0.1, 0.15) is 25.8 Å². The van der Waals surface area contributed by atoms with Crippen molar-refractivity contribution in [2.45, 2.75) is 58.3 Å². The second-order valence-electron chi connectivity index (χ2n) is 7.21. The number of aliphatic carboxylic acids is 2. The summed E-state index contributed by atoms with van der Waals surface area (Å²) in [5.41, 5.74) is 0. The van der Waals surface area contributed by atoms with Crippen LogP contribution in [-0.4, -0.2) is 106 Å². The van der Waals surface area contributed by atoms with Crippen molar-refractivity contribution in [2.75, 3.05) is 19.7 Å². The fraction of sp³-hybridized carbons (Fsp3) is 0.632. The minimum atomic E-state index is -1.51. The Morgan fingerprint density at radius 2 is 1.26 bits per heavy atom. The molecule has 1 rings (SSSR count). The first kappa shape index (κ1) is 29.5. The second kappa shape index (κ2) is 13.4. The lowest BCUT2D eigenvalue weighted by Crippen LogP contribution is -2.67. The Morgan fingerprint density at radius 1 is 0.800 bits per heavy atom. The summed E-state index contributed by atoms with van der Waals surface area (Å²) in [5.74, 6) is -6.02. The van der Waals surface area contributed by atoms with Gasteiger partial charge in [-0.3, -0.25) is 28.8 Å². The Labute approximate surface area is 204 Å². The monoisotopic (exact) mass is 522 g/mol. The molecule has 0 amide bonds. The molecule has 0 radical (unpaired) electrons. The van der Waals surface area contributed by atoms with Crippen molar-refractivity contribution in [3.05, 3.63) is 0 Å². The summed E-state index contributed by atoms with van der Waals surface area (Å²) in [7, 11) is 0. The highest BCUT2D eigenvalue weighted by Crippen LogP contribution is 2.28. The van der Waals surface area contributed by atoms with E-state index in [1.54, 1.807) is 0 Å². The smallest absolute Gasteiger partial charge is 0.323 e. The molecule has 1 aliphatic heterocycles. The molecule has 0 aliphatic carbocycles. The predicted octanol–water partition coefficient (Wildman–Crippen LogP) is -1.58. The van der Waals surface area contributed by atoms with Crippen LogP contribution in [0.5, 0.6) is 0 Å². The van der Waals surface area contributed by atoms with Gasteiger partial charge in [0.15, 0.2) is 29.7 Å². The number of carboxylic acids is 2. The minimum Gasteiger partial charge on any atom is -0.480 e. The van der Waals surface area contributed by atoms with Gasteiger partial charge in [-0.05, 0) is 12.2 Å². The molecule has 35 heavy (non-hydrogen) atoms. The average molecular weight is 522 g/mol. The van der Waals surface area contributed by atoms with E-state index < -0.39 is 91.3 Å². The van der Waals surface area contributed by atoms with Crippen LogP contribution in [-0.2, 0) is 52.5 Å². The molecule has 0 aromatic carbocycles. The molecule has 15 nitrogen and oxygen atoms in total. The first-order valence-electron chi connectivity index (χ1n) is 10.0. The molecule has 1 saturated heterocycles. The fourth-order valence-electron chi connectivity index (χ4n) is 3.08. The third kappa shape index (κ3) is 10.1. The van der Waals surface area contributed by atoms with Crippen molar-refractivity contribution in [3.63, 3.8) is 0 Å². The van der Waals surface area contributed by atoms with Crippen molar-refractivity contribution < 1.29 is 62.7 Å². The summed E-state index contributed by atoms with van der Waals surface area (Å²) >= 11 is 5.12. The van der Waals surface area contributed by atoms with Gasteiger partial charge >= 0.3 is 35.8 Å². The van der Waals surface area contributed by atoms with Gasteiger partial charge in [0, 0.05) is 27.7 Å². The van der Waals surface area contributed by atoms with Gasteiger partial charge in [0.05, 0.1) is 0 Å². The normalized spacial score (nSPS) is 23.3. The topological polar surface area (TPSA) is 204 Å².